The summed E-state index contributed by atoms with van der Waals surface area (Å²) in [6, 6.07) is 6.24. The first kappa shape index (κ1) is 10.4. The number of benzene rings is 1. The molecule has 0 aliphatic carbocycles. The Labute approximate surface area is 82.9 Å². The van der Waals surface area contributed by atoms with Gasteiger partial charge in [0.2, 0.25) is 5.91 Å². The third-order valence-electron chi connectivity index (χ3n) is 2.25. The fourth-order valence-electron chi connectivity index (χ4n) is 1.10. The van der Waals surface area contributed by atoms with Crippen LogP contribution in [0.3, 0.4) is 0 Å². The van der Waals surface area contributed by atoms with Gasteiger partial charge >= 0.3 is 0 Å². The van der Waals surface area contributed by atoms with E-state index in [9.17, 15) is 4.79 Å². The summed E-state index contributed by atoms with van der Waals surface area (Å²) in [7, 11) is 1.78. The van der Waals surface area contributed by atoms with Gasteiger partial charge in [-0.15, -0.1) is 0 Å². The van der Waals surface area contributed by atoms with E-state index >= 15 is 0 Å². The maximum atomic E-state index is 10.9. The lowest BCUT2D eigenvalue weighted by atomic mass is 10.2. The van der Waals surface area contributed by atoms with Gasteiger partial charge in [0.05, 0.1) is 0 Å². The first-order chi connectivity index (χ1) is 6.52. The highest BCUT2D eigenvalue weighted by molar-refractivity contribution is 5.83. The number of likely N-dealkylation sites (N-methyl/N-ethyl adjacent to an activating group) is 1. The third kappa shape index (κ3) is 2.16. The van der Waals surface area contributed by atoms with Gasteiger partial charge in [0.25, 0.3) is 0 Å². The smallest absolute Gasteiger partial charge is 0.239 e. The van der Waals surface area contributed by atoms with Crippen LogP contribution in [0, 0.1) is 0 Å². The second-order valence-electron chi connectivity index (χ2n) is 3.21. The van der Waals surface area contributed by atoms with Crippen LogP contribution in [-0.4, -0.2) is 24.1 Å². The summed E-state index contributed by atoms with van der Waals surface area (Å²) in [5.74, 6) is -0.172. The molecule has 0 aliphatic rings. The highest BCUT2D eigenvalue weighted by Gasteiger charge is 2.14. The van der Waals surface area contributed by atoms with Crippen molar-refractivity contribution in [2.45, 2.75) is 13.0 Å². The van der Waals surface area contributed by atoms with Crippen molar-refractivity contribution < 1.29 is 9.90 Å². The fourth-order valence-corrected chi connectivity index (χ4v) is 1.10. The van der Waals surface area contributed by atoms with Crippen LogP contribution in [-0.2, 0) is 4.79 Å². The Morgan fingerprint density at radius 2 is 1.93 bits per heavy atom. The van der Waals surface area contributed by atoms with Crippen molar-refractivity contribution in [3.8, 4) is 5.75 Å². The van der Waals surface area contributed by atoms with Crippen LogP contribution in [0.5, 0.6) is 5.75 Å². The van der Waals surface area contributed by atoms with Crippen molar-refractivity contribution in [1.29, 1.82) is 0 Å². The number of hydrogen-bond donors (Lipinski definition) is 2. The normalized spacial score (nSPS) is 12.1. The summed E-state index contributed by atoms with van der Waals surface area (Å²) < 4.78 is 0. The highest BCUT2D eigenvalue weighted by Crippen LogP contribution is 2.18. The van der Waals surface area contributed by atoms with Crippen LogP contribution in [0.4, 0.5) is 5.69 Å². The molecule has 1 unspecified atom stereocenters. The number of amides is 1. The van der Waals surface area contributed by atoms with Gasteiger partial charge in [-0.1, -0.05) is 0 Å². The summed E-state index contributed by atoms with van der Waals surface area (Å²) in [5, 5.41) is 9.08. The molecule has 76 valence electrons. The molecule has 0 aliphatic heterocycles. The molecule has 0 spiro atoms. The largest absolute Gasteiger partial charge is 0.508 e. The SMILES string of the molecule is CC(C(N)=O)N(C)c1ccc(O)cc1. The molecule has 1 rings (SSSR count). The molecule has 4 nitrogen and oxygen atoms in total. The van der Waals surface area contributed by atoms with Crippen molar-refractivity contribution in [3.05, 3.63) is 24.3 Å². The Kier molecular flexibility index (Phi) is 2.96. The van der Waals surface area contributed by atoms with Crippen molar-refractivity contribution >= 4 is 11.6 Å². The maximum absolute atomic E-state index is 10.9. The number of carbonyl (C=O) groups excluding carboxylic acids is 1. The van der Waals surface area contributed by atoms with Crippen LogP contribution in [0.1, 0.15) is 6.92 Å². The number of nitrogens with two attached hydrogens (primary N) is 1. The standard InChI is InChI=1S/C10H14N2O2/c1-7(10(11)14)12(2)8-3-5-9(13)6-4-8/h3-7,13H,1-2H3,(H2,11,14). The van der Waals surface area contributed by atoms with Gasteiger partial charge in [-0.05, 0) is 31.2 Å². The molecule has 0 saturated carbocycles. The zero-order chi connectivity index (χ0) is 10.7. The molecule has 0 saturated heterocycles. The van der Waals surface area contributed by atoms with E-state index in [0.29, 0.717) is 0 Å². The first-order valence-corrected chi connectivity index (χ1v) is 4.33. The molecule has 1 aromatic carbocycles. The zero-order valence-electron chi connectivity index (χ0n) is 8.27. The summed E-state index contributed by atoms with van der Waals surface area (Å²) in [6.45, 7) is 1.73. The molecule has 3 N–H and O–H groups in total. The third-order valence-corrected chi connectivity index (χ3v) is 2.25. The second-order valence-corrected chi connectivity index (χ2v) is 3.21. The van der Waals surface area contributed by atoms with Crippen molar-refractivity contribution in [2.75, 3.05) is 11.9 Å². The minimum atomic E-state index is -0.374. The second kappa shape index (κ2) is 4.00. The van der Waals surface area contributed by atoms with Crippen LogP contribution < -0.4 is 10.6 Å². The van der Waals surface area contributed by atoms with Crippen molar-refractivity contribution in [1.82, 2.24) is 0 Å². The number of rotatable bonds is 3. The average Bonchev–Trinajstić information content (AvgIpc) is 2.16. The Balaban J connectivity index is 2.84. The summed E-state index contributed by atoms with van der Waals surface area (Å²) in [4.78, 5) is 12.7. The van der Waals surface area contributed by atoms with E-state index in [1.807, 2.05) is 0 Å². The predicted octanol–water partition coefficient (Wildman–Crippen LogP) is 0.702. The number of anilines is 1. The van der Waals surface area contributed by atoms with Gasteiger partial charge < -0.3 is 15.7 Å². The molecule has 4 heteroatoms. The number of hydrogen-bond acceptors (Lipinski definition) is 3. The van der Waals surface area contributed by atoms with Gasteiger partial charge in [-0.25, -0.2) is 0 Å². The molecule has 14 heavy (non-hydrogen) atoms. The lowest BCUT2D eigenvalue weighted by Crippen LogP contribution is -2.40. The van der Waals surface area contributed by atoms with E-state index < -0.39 is 0 Å². The molecule has 0 bridgehead atoms. The van der Waals surface area contributed by atoms with Crippen LogP contribution >= 0.6 is 0 Å². The van der Waals surface area contributed by atoms with Crippen LogP contribution in [0.2, 0.25) is 0 Å². The summed E-state index contributed by atoms with van der Waals surface area (Å²) >= 11 is 0. The molecule has 1 amide bonds. The van der Waals surface area contributed by atoms with E-state index in [4.69, 9.17) is 10.8 Å². The van der Waals surface area contributed by atoms with Gasteiger partial charge in [0.15, 0.2) is 0 Å². The Morgan fingerprint density at radius 3 is 2.36 bits per heavy atom. The Morgan fingerprint density at radius 1 is 1.43 bits per heavy atom. The lowest BCUT2D eigenvalue weighted by molar-refractivity contribution is -0.118. The van der Waals surface area contributed by atoms with E-state index in [2.05, 4.69) is 0 Å². The molecule has 1 atom stereocenters. The zero-order valence-corrected chi connectivity index (χ0v) is 8.27. The molecule has 0 fully saturated rings. The number of nitrogens with zero attached hydrogens (tertiary/aromatic N) is 1. The first-order valence-electron chi connectivity index (χ1n) is 4.33. The van der Waals surface area contributed by atoms with E-state index in [1.54, 1.807) is 43.1 Å². The molecular weight excluding hydrogens is 180 g/mol. The number of phenols is 1. The average molecular weight is 194 g/mol. The predicted molar refractivity (Wildman–Crippen MR) is 55.2 cm³/mol. The lowest BCUT2D eigenvalue weighted by Gasteiger charge is -2.24. The highest BCUT2D eigenvalue weighted by atomic mass is 16.3. The van der Waals surface area contributed by atoms with Crippen molar-refractivity contribution in [3.63, 3.8) is 0 Å². The number of primary amides is 1. The molecule has 1 aromatic rings. The summed E-state index contributed by atoms with van der Waals surface area (Å²) in [6.07, 6.45) is 0. The Hall–Kier alpha value is -1.71. The molecule has 0 aromatic heterocycles. The molecule has 0 heterocycles. The minimum absolute atomic E-state index is 0.203. The van der Waals surface area contributed by atoms with E-state index in [0.717, 1.165) is 5.69 Å². The number of aromatic hydroxyl groups is 1. The van der Waals surface area contributed by atoms with Gasteiger partial charge in [0.1, 0.15) is 11.8 Å². The Bertz CT molecular complexity index is 321. The van der Waals surface area contributed by atoms with Crippen molar-refractivity contribution in [2.24, 2.45) is 5.73 Å². The molecule has 0 radical (unpaired) electrons. The summed E-state index contributed by atoms with van der Waals surface area (Å²) in [5.41, 5.74) is 6.02. The van der Waals surface area contributed by atoms with Gasteiger partial charge in [-0.3, -0.25) is 4.79 Å². The topological polar surface area (TPSA) is 66.6 Å². The quantitative estimate of drug-likeness (QED) is 0.744. The van der Waals surface area contributed by atoms with Gasteiger partial charge in [-0.2, -0.15) is 0 Å². The van der Waals surface area contributed by atoms with E-state index in [1.165, 1.54) is 0 Å². The maximum Gasteiger partial charge on any atom is 0.239 e. The van der Waals surface area contributed by atoms with Crippen LogP contribution in [0.15, 0.2) is 24.3 Å². The number of carbonyl (C=O) groups is 1. The van der Waals surface area contributed by atoms with Crippen LogP contribution in [0.25, 0.3) is 0 Å². The van der Waals surface area contributed by atoms with E-state index in [-0.39, 0.29) is 17.7 Å². The number of phenolic OH excluding ortho intramolecular Hbond substituents is 1. The minimum Gasteiger partial charge on any atom is -0.508 e. The monoisotopic (exact) mass is 194 g/mol. The van der Waals surface area contributed by atoms with Gasteiger partial charge in [0, 0.05) is 12.7 Å². The fraction of sp³-hybridized carbons (Fsp3) is 0.300. The molecular formula is C10H14N2O2.